The first-order chi connectivity index (χ1) is 10.5. The summed E-state index contributed by atoms with van der Waals surface area (Å²) in [5, 5.41) is 32.3. The molecule has 0 spiro atoms. The predicted molar refractivity (Wildman–Crippen MR) is 82.4 cm³/mol. The molecule has 0 radical (unpaired) electrons. The molecule has 4 N–H and O–H groups in total. The average Bonchev–Trinajstić information content (AvgIpc) is 2.57. The minimum absolute atomic E-state index is 0.116. The summed E-state index contributed by atoms with van der Waals surface area (Å²) in [7, 11) is 0. The summed E-state index contributed by atoms with van der Waals surface area (Å²) in [6, 6.07) is 0. The molecule has 0 saturated carbocycles. The van der Waals surface area contributed by atoms with Crippen LogP contribution in [0.5, 0.6) is 0 Å². The highest BCUT2D eigenvalue weighted by molar-refractivity contribution is 5.70. The van der Waals surface area contributed by atoms with E-state index < -0.39 is 11.9 Å². The lowest BCUT2D eigenvalue weighted by Crippen LogP contribution is -2.13. The minimum atomic E-state index is -0.653. The van der Waals surface area contributed by atoms with E-state index in [0.717, 1.165) is 38.5 Å². The van der Waals surface area contributed by atoms with Gasteiger partial charge in [0.15, 0.2) is 0 Å². The first-order valence-electron chi connectivity index (χ1n) is 7.50. The SMILES string of the molecule is O=C(O)C1CC=CCC1.O=C(O)C1CC=CCC1.OCCO. The van der Waals surface area contributed by atoms with Crippen LogP contribution >= 0.6 is 0 Å². The van der Waals surface area contributed by atoms with Crippen LogP contribution in [0, 0.1) is 11.8 Å². The highest BCUT2D eigenvalue weighted by Crippen LogP contribution is 2.18. The van der Waals surface area contributed by atoms with E-state index in [1.807, 2.05) is 24.3 Å². The fourth-order valence-electron chi connectivity index (χ4n) is 2.04. The van der Waals surface area contributed by atoms with E-state index in [4.69, 9.17) is 20.4 Å². The number of carboxylic acid groups (broad SMARTS) is 2. The third-order valence-corrected chi connectivity index (χ3v) is 3.34. The maximum atomic E-state index is 10.3. The molecule has 0 amide bonds. The zero-order chi connectivity index (χ0) is 16.8. The van der Waals surface area contributed by atoms with Crippen molar-refractivity contribution >= 4 is 11.9 Å². The first kappa shape index (κ1) is 20.3. The molecule has 2 aliphatic carbocycles. The minimum Gasteiger partial charge on any atom is -0.481 e. The van der Waals surface area contributed by atoms with Crippen LogP contribution in [-0.4, -0.2) is 45.6 Å². The van der Waals surface area contributed by atoms with E-state index >= 15 is 0 Å². The lowest BCUT2D eigenvalue weighted by atomic mass is 9.95. The van der Waals surface area contributed by atoms with Gasteiger partial charge in [-0.05, 0) is 38.5 Å². The van der Waals surface area contributed by atoms with Gasteiger partial charge in [0.05, 0.1) is 25.0 Å². The second-order valence-electron chi connectivity index (χ2n) is 5.09. The van der Waals surface area contributed by atoms with Crippen molar-refractivity contribution in [1.82, 2.24) is 0 Å². The van der Waals surface area contributed by atoms with E-state index in [1.165, 1.54) is 0 Å². The topological polar surface area (TPSA) is 115 Å². The van der Waals surface area contributed by atoms with Crippen molar-refractivity contribution < 1.29 is 30.0 Å². The molecule has 0 aromatic heterocycles. The van der Waals surface area contributed by atoms with Gasteiger partial charge in [-0.15, -0.1) is 0 Å². The lowest BCUT2D eigenvalue weighted by Gasteiger charge is -2.11. The van der Waals surface area contributed by atoms with Crippen molar-refractivity contribution in [2.24, 2.45) is 11.8 Å². The number of carboxylic acids is 2. The van der Waals surface area contributed by atoms with Gasteiger partial charge in [0.2, 0.25) is 0 Å². The van der Waals surface area contributed by atoms with Crippen LogP contribution in [-0.2, 0) is 9.59 Å². The number of hydrogen-bond donors (Lipinski definition) is 4. The molecule has 6 nitrogen and oxygen atoms in total. The average molecular weight is 314 g/mol. The maximum Gasteiger partial charge on any atom is 0.306 e. The Hall–Kier alpha value is -1.66. The molecule has 0 bridgehead atoms. The van der Waals surface area contributed by atoms with Gasteiger partial charge >= 0.3 is 11.9 Å². The monoisotopic (exact) mass is 314 g/mol. The van der Waals surface area contributed by atoms with Gasteiger partial charge in [-0.25, -0.2) is 0 Å². The Balaban J connectivity index is 0.000000326. The highest BCUT2D eigenvalue weighted by atomic mass is 16.4. The molecule has 2 unspecified atom stereocenters. The molecule has 126 valence electrons. The molecule has 0 saturated heterocycles. The molecule has 2 rings (SSSR count). The summed E-state index contributed by atoms with van der Waals surface area (Å²) in [5.41, 5.74) is 0. The Morgan fingerprint density at radius 2 is 1.14 bits per heavy atom. The Morgan fingerprint density at radius 1 is 0.773 bits per heavy atom. The van der Waals surface area contributed by atoms with Crippen LogP contribution in [0.15, 0.2) is 24.3 Å². The summed E-state index contributed by atoms with van der Waals surface area (Å²) < 4.78 is 0. The molecular formula is C16H26O6. The zero-order valence-electron chi connectivity index (χ0n) is 12.7. The smallest absolute Gasteiger partial charge is 0.306 e. The Labute approximate surface area is 130 Å². The van der Waals surface area contributed by atoms with Crippen LogP contribution in [0.25, 0.3) is 0 Å². The summed E-state index contributed by atoms with van der Waals surface area (Å²) in [6.45, 7) is -0.250. The number of aliphatic hydroxyl groups is 2. The number of carbonyl (C=O) groups is 2. The number of rotatable bonds is 3. The van der Waals surface area contributed by atoms with E-state index in [2.05, 4.69) is 0 Å². The fourth-order valence-corrected chi connectivity index (χ4v) is 2.04. The van der Waals surface area contributed by atoms with Gasteiger partial charge < -0.3 is 20.4 Å². The fraction of sp³-hybridized carbons (Fsp3) is 0.625. The molecule has 0 aromatic rings. The maximum absolute atomic E-state index is 10.3. The van der Waals surface area contributed by atoms with E-state index in [9.17, 15) is 9.59 Å². The molecule has 0 heterocycles. The van der Waals surface area contributed by atoms with E-state index in [0.29, 0.717) is 0 Å². The van der Waals surface area contributed by atoms with Crippen LogP contribution in [0.3, 0.4) is 0 Å². The van der Waals surface area contributed by atoms with Gasteiger partial charge in [0.25, 0.3) is 0 Å². The number of aliphatic hydroxyl groups excluding tert-OH is 2. The molecule has 0 aromatic carbocycles. The van der Waals surface area contributed by atoms with Crippen molar-refractivity contribution in [2.75, 3.05) is 13.2 Å². The molecular weight excluding hydrogens is 288 g/mol. The van der Waals surface area contributed by atoms with Gasteiger partial charge in [-0.1, -0.05) is 24.3 Å². The molecule has 0 fully saturated rings. The Kier molecular flexibility index (Phi) is 12.1. The zero-order valence-corrected chi connectivity index (χ0v) is 12.7. The first-order valence-corrected chi connectivity index (χ1v) is 7.50. The standard InChI is InChI=1S/2C7H10O2.C2H6O2/c2*8-7(9)6-4-2-1-3-5-6;3-1-2-4/h2*1-2,6H,3-5H2,(H,8,9);3-4H,1-2H2. The largest absolute Gasteiger partial charge is 0.481 e. The summed E-state index contributed by atoms with van der Waals surface area (Å²) in [6.07, 6.45) is 12.9. The van der Waals surface area contributed by atoms with Crippen molar-refractivity contribution in [2.45, 2.75) is 38.5 Å². The van der Waals surface area contributed by atoms with Crippen molar-refractivity contribution in [3.63, 3.8) is 0 Å². The Morgan fingerprint density at radius 3 is 1.27 bits per heavy atom. The predicted octanol–water partition coefficient (Wildman–Crippen LogP) is 1.83. The molecule has 6 heteroatoms. The number of allylic oxidation sites excluding steroid dienone is 4. The summed E-state index contributed by atoms with van der Waals surface area (Å²) >= 11 is 0. The third-order valence-electron chi connectivity index (χ3n) is 3.34. The number of hydrogen-bond acceptors (Lipinski definition) is 4. The quantitative estimate of drug-likeness (QED) is 0.591. The number of aliphatic carboxylic acids is 2. The molecule has 0 aliphatic heterocycles. The van der Waals surface area contributed by atoms with E-state index in [-0.39, 0.29) is 25.0 Å². The molecule has 2 aliphatic rings. The molecule has 2 atom stereocenters. The van der Waals surface area contributed by atoms with Crippen LogP contribution in [0.2, 0.25) is 0 Å². The third kappa shape index (κ3) is 10.1. The summed E-state index contributed by atoms with van der Waals surface area (Å²) in [5.74, 6) is -1.54. The molecule has 22 heavy (non-hydrogen) atoms. The normalized spacial score (nSPS) is 22.6. The van der Waals surface area contributed by atoms with Crippen molar-refractivity contribution in [3.05, 3.63) is 24.3 Å². The second kappa shape index (κ2) is 13.0. The van der Waals surface area contributed by atoms with Gasteiger partial charge in [-0.3, -0.25) is 9.59 Å². The Bertz CT molecular complexity index is 339. The van der Waals surface area contributed by atoms with Gasteiger partial charge in [-0.2, -0.15) is 0 Å². The summed E-state index contributed by atoms with van der Waals surface area (Å²) in [4.78, 5) is 20.6. The van der Waals surface area contributed by atoms with Crippen LogP contribution in [0.4, 0.5) is 0 Å². The highest BCUT2D eigenvalue weighted by Gasteiger charge is 2.17. The van der Waals surface area contributed by atoms with Gasteiger partial charge in [0.1, 0.15) is 0 Å². The van der Waals surface area contributed by atoms with Crippen molar-refractivity contribution in [3.8, 4) is 0 Å². The van der Waals surface area contributed by atoms with Crippen LogP contribution < -0.4 is 0 Å². The van der Waals surface area contributed by atoms with E-state index in [1.54, 1.807) is 0 Å². The van der Waals surface area contributed by atoms with Crippen LogP contribution in [0.1, 0.15) is 38.5 Å². The van der Waals surface area contributed by atoms with Crippen molar-refractivity contribution in [1.29, 1.82) is 0 Å². The second-order valence-corrected chi connectivity index (χ2v) is 5.09. The van der Waals surface area contributed by atoms with Gasteiger partial charge in [0, 0.05) is 0 Å². The lowest BCUT2D eigenvalue weighted by molar-refractivity contribution is -0.142.